The van der Waals surface area contributed by atoms with Gasteiger partial charge in [0.25, 0.3) is 0 Å². The summed E-state index contributed by atoms with van der Waals surface area (Å²) in [4.78, 5) is 37.2. The zero-order valence-electron chi connectivity index (χ0n) is 13.1. The molecule has 7 heteroatoms. The maximum atomic E-state index is 12.2. The van der Waals surface area contributed by atoms with Gasteiger partial charge in [-0.25, -0.2) is 4.79 Å². The number of nitrogens with one attached hydrogen (secondary N) is 1. The number of nitrogens with zero attached hydrogens (tertiary/aromatic N) is 1. The Bertz CT molecular complexity index is 771. The molecule has 2 N–H and O–H groups in total. The first-order chi connectivity index (χ1) is 11.4. The fourth-order valence-electron chi connectivity index (χ4n) is 2.00. The van der Waals surface area contributed by atoms with Crippen LogP contribution in [0.1, 0.15) is 10.4 Å². The number of carbonyl (C=O) groups is 3. The first-order valence-corrected chi connectivity index (χ1v) is 6.99. The lowest BCUT2D eigenvalue weighted by Crippen LogP contribution is -2.37. The number of benzene rings is 2. The van der Waals surface area contributed by atoms with Crippen LogP contribution in [0.25, 0.3) is 0 Å². The van der Waals surface area contributed by atoms with Gasteiger partial charge in [-0.15, -0.1) is 0 Å². The highest BCUT2D eigenvalue weighted by molar-refractivity contribution is 6.44. The number of rotatable bonds is 3. The van der Waals surface area contributed by atoms with Gasteiger partial charge in [-0.05, 0) is 36.4 Å². The molecule has 0 saturated carbocycles. The molecule has 0 aliphatic heterocycles. The van der Waals surface area contributed by atoms with Crippen molar-refractivity contribution in [2.75, 3.05) is 24.4 Å². The van der Waals surface area contributed by atoms with Crippen LogP contribution in [0.15, 0.2) is 48.5 Å². The van der Waals surface area contributed by atoms with Crippen LogP contribution in [0.3, 0.4) is 0 Å². The Labute approximate surface area is 138 Å². The number of ether oxygens (including phenoxy) is 1. The number of hydrogen-bond donors (Lipinski definition) is 2. The summed E-state index contributed by atoms with van der Waals surface area (Å²) in [5, 5.41) is 11.7. The second-order valence-corrected chi connectivity index (χ2v) is 4.87. The summed E-state index contributed by atoms with van der Waals surface area (Å²) < 4.78 is 4.64. The van der Waals surface area contributed by atoms with E-state index < -0.39 is 17.8 Å². The molecule has 0 aliphatic carbocycles. The molecular formula is C17H16N2O5. The van der Waals surface area contributed by atoms with Crippen LogP contribution in [0.2, 0.25) is 0 Å². The second-order valence-electron chi connectivity index (χ2n) is 4.87. The number of amides is 2. The summed E-state index contributed by atoms with van der Waals surface area (Å²) in [5.41, 5.74) is 0.768. The number of carbonyl (C=O) groups excluding carboxylic acids is 3. The maximum Gasteiger partial charge on any atom is 0.339 e. The quantitative estimate of drug-likeness (QED) is 0.661. The van der Waals surface area contributed by atoms with E-state index in [4.69, 9.17) is 0 Å². The van der Waals surface area contributed by atoms with Crippen molar-refractivity contribution in [1.29, 1.82) is 0 Å². The number of methoxy groups -OCH3 is 1. The van der Waals surface area contributed by atoms with Crippen LogP contribution < -0.4 is 10.2 Å². The van der Waals surface area contributed by atoms with E-state index in [1.54, 1.807) is 12.1 Å². The van der Waals surface area contributed by atoms with E-state index in [2.05, 4.69) is 10.1 Å². The molecule has 2 rings (SSSR count). The molecule has 124 valence electrons. The molecule has 7 nitrogen and oxygen atoms in total. The van der Waals surface area contributed by atoms with Gasteiger partial charge in [0, 0.05) is 12.7 Å². The van der Waals surface area contributed by atoms with Gasteiger partial charge in [0.15, 0.2) is 0 Å². The Kier molecular flexibility index (Phi) is 5.16. The third-order valence-electron chi connectivity index (χ3n) is 3.32. The number of aromatic hydroxyl groups is 1. The number of phenolic OH excluding ortho intramolecular Hbond substituents is 1. The number of para-hydroxylation sites is 1. The van der Waals surface area contributed by atoms with E-state index in [-0.39, 0.29) is 17.0 Å². The number of phenols is 1. The van der Waals surface area contributed by atoms with Gasteiger partial charge in [-0.1, -0.05) is 12.1 Å². The number of likely N-dealkylation sites (N-methyl/N-ethyl adjacent to an activating group) is 1. The normalized spacial score (nSPS) is 9.92. The zero-order chi connectivity index (χ0) is 17.7. The predicted molar refractivity (Wildman–Crippen MR) is 87.9 cm³/mol. The lowest BCUT2D eigenvalue weighted by molar-refractivity contribution is -0.134. The highest BCUT2D eigenvalue weighted by Gasteiger charge is 2.22. The van der Waals surface area contributed by atoms with Crippen molar-refractivity contribution in [1.82, 2.24) is 0 Å². The standard InChI is InChI=1S/C17H16N2O5/c1-19(11-7-9-12(20)10-8-11)16(22)15(21)18-14-6-4-3-5-13(14)17(23)24-2/h3-10,20H,1-2H3,(H,18,21). The summed E-state index contributed by atoms with van der Waals surface area (Å²) in [6.45, 7) is 0. The molecule has 0 bridgehead atoms. The van der Waals surface area contributed by atoms with Gasteiger partial charge in [0.1, 0.15) is 5.75 Å². The molecule has 0 atom stereocenters. The van der Waals surface area contributed by atoms with Crippen molar-refractivity contribution in [3.8, 4) is 5.75 Å². The van der Waals surface area contributed by atoms with Crippen LogP contribution in [0, 0.1) is 0 Å². The summed E-state index contributed by atoms with van der Waals surface area (Å²) in [6, 6.07) is 12.0. The largest absolute Gasteiger partial charge is 0.508 e. The van der Waals surface area contributed by atoms with E-state index in [9.17, 15) is 19.5 Å². The number of esters is 1. The Hall–Kier alpha value is -3.35. The van der Waals surface area contributed by atoms with E-state index >= 15 is 0 Å². The average molecular weight is 328 g/mol. The minimum absolute atomic E-state index is 0.0519. The molecule has 0 fully saturated rings. The first-order valence-electron chi connectivity index (χ1n) is 6.99. The molecule has 2 amide bonds. The van der Waals surface area contributed by atoms with Crippen molar-refractivity contribution >= 4 is 29.2 Å². The third-order valence-corrected chi connectivity index (χ3v) is 3.32. The van der Waals surface area contributed by atoms with Gasteiger partial charge in [0.05, 0.1) is 18.4 Å². The highest BCUT2D eigenvalue weighted by atomic mass is 16.5. The van der Waals surface area contributed by atoms with Crippen molar-refractivity contribution in [3.05, 3.63) is 54.1 Å². The van der Waals surface area contributed by atoms with Crippen LogP contribution in [0.5, 0.6) is 5.75 Å². The monoisotopic (exact) mass is 328 g/mol. The van der Waals surface area contributed by atoms with E-state index in [0.717, 1.165) is 4.90 Å². The lowest BCUT2D eigenvalue weighted by atomic mass is 10.2. The topological polar surface area (TPSA) is 95.9 Å². The van der Waals surface area contributed by atoms with Gasteiger partial charge in [0.2, 0.25) is 0 Å². The molecule has 0 spiro atoms. The molecule has 0 aromatic heterocycles. The van der Waals surface area contributed by atoms with Gasteiger partial charge >= 0.3 is 17.8 Å². The molecule has 0 radical (unpaired) electrons. The van der Waals surface area contributed by atoms with Crippen LogP contribution in [-0.2, 0) is 14.3 Å². The fraction of sp³-hybridized carbons (Fsp3) is 0.118. The molecule has 0 saturated heterocycles. The second kappa shape index (κ2) is 7.28. The van der Waals surface area contributed by atoms with Crippen molar-refractivity contribution < 1.29 is 24.2 Å². The Morgan fingerprint density at radius 2 is 1.67 bits per heavy atom. The number of anilines is 2. The lowest BCUT2D eigenvalue weighted by Gasteiger charge is -2.17. The summed E-state index contributed by atoms with van der Waals surface area (Å²) >= 11 is 0. The van der Waals surface area contributed by atoms with Gasteiger partial charge in [-0.2, -0.15) is 0 Å². The molecule has 0 unspecified atom stereocenters. The van der Waals surface area contributed by atoms with E-state index in [1.165, 1.54) is 50.6 Å². The van der Waals surface area contributed by atoms with Gasteiger partial charge < -0.3 is 20.1 Å². The minimum atomic E-state index is -0.901. The molecular weight excluding hydrogens is 312 g/mol. The van der Waals surface area contributed by atoms with Crippen molar-refractivity contribution in [2.24, 2.45) is 0 Å². The Morgan fingerprint density at radius 1 is 1.04 bits per heavy atom. The fourth-order valence-corrected chi connectivity index (χ4v) is 2.00. The molecule has 0 aliphatic rings. The SMILES string of the molecule is COC(=O)c1ccccc1NC(=O)C(=O)N(C)c1ccc(O)cc1. The van der Waals surface area contributed by atoms with Crippen LogP contribution in [0.4, 0.5) is 11.4 Å². The van der Waals surface area contributed by atoms with Crippen molar-refractivity contribution in [3.63, 3.8) is 0 Å². The molecule has 2 aromatic rings. The van der Waals surface area contributed by atoms with Gasteiger partial charge in [-0.3, -0.25) is 9.59 Å². The number of hydrogen-bond acceptors (Lipinski definition) is 5. The smallest absolute Gasteiger partial charge is 0.339 e. The summed E-state index contributed by atoms with van der Waals surface area (Å²) in [5.74, 6) is -2.29. The minimum Gasteiger partial charge on any atom is -0.508 e. The molecule has 2 aromatic carbocycles. The maximum absolute atomic E-state index is 12.2. The van der Waals surface area contributed by atoms with E-state index in [0.29, 0.717) is 5.69 Å². The van der Waals surface area contributed by atoms with Crippen LogP contribution in [-0.4, -0.2) is 37.0 Å². The predicted octanol–water partition coefficient (Wildman–Crippen LogP) is 1.78. The third kappa shape index (κ3) is 3.70. The molecule has 0 heterocycles. The first kappa shape index (κ1) is 17.0. The average Bonchev–Trinajstić information content (AvgIpc) is 2.60. The van der Waals surface area contributed by atoms with Crippen LogP contribution >= 0.6 is 0 Å². The Morgan fingerprint density at radius 3 is 2.29 bits per heavy atom. The van der Waals surface area contributed by atoms with E-state index in [1.807, 2.05) is 0 Å². The molecule has 24 heavy (non-hydrogen) atoms. The zero-order valence-corrected chi connectivity index (χ0v) is 13.1. The summed E-state index contributed by atoms with van der Waals surface area (Å²) in [7, 11) is 2.66. The highest BCUT2D eigenvalue weighted by Crippen LogP contribution is 2.19. The summed E-state index contributed by atoms with van der Waals surface area (Å²) in [6.07, 6.45) is 0. The van der Waals surface area contributed by atoms with Crippen molar-refractivity contribution in [2.45, 2.75) is 0 Å². The Balaban J connectivity index is 2.16.